The number of hydrogen-bond donors (Lipinski definition) is 1. The summed E-state index contributed by atoms with van der Waals surface area (Å²) in [6.45, 7) is 13.1. The van der Waals surface area contributed by atoms with Gasteiger partial charge in [0.2, 0.25) is 10.0 Å². The van der Waals surface area contributed by atoms with Crippen molar-refractivity contribution in [3.05, 3.63) is 46.8 Å². The van der Waals surface area contributed by atoms with Gasteiger partial charge in [-0.3, -0.25) is 4.79 Å². The van der Waals surface area contributed by atoms with Crippen LogP contribution in [0.5, 0.6) is 5.75 Å². The Bertz CT molecular complexity index is 1200. The molecule has 0 aliphatic rings. The Labute approximate surface area is 202 Å². The Kier molecular flexibility index (Phi) is 9.47. The lowest BCUT2D eigenvalue weighted by Crippen LogP contribution is -2.31. The SMILES string of the molecule is CCCn1c(C)cc(/C=C(\C#N)C(=O)Nc2ccc(OCC)c(S(=O)(=O)N(CC)CC)c2)c1C. The molecule has 0 aliphatic carbocycles. The molecule has 2 rings (SSSR count). The van der Waals surface area contributed by atoms with Gasteiger partial charge in [-0.15, -0.1) is 0 Å². The van der Waals surface area contributed by atoms with Crippen LogP contribution in [0.4, 0.5) is 5.69 Å². The molecule has 0 saturated heterocycles. The Morgan fingerprint density at radius 1 is 1.18 bits per heavy atom. The molecule has 1 heterocycles. The highest BCUT2D eigenvalue weighted by Crippen LogP contribution is 2.30. The van der Waals surface area contributed by atoms with Crippen molar-refractivity contribution in [3.8, 4) is 11.8 Å². The molecule has 0 saturated carbocycles. The lowest BCUT2D eigenvalue weighted by molar-refractivity contribution is -0.112. The third kappa shape index (κ3) is 5.88. The standard InChI is InChI=1S/C25H34N4O4S/c1-7-13-29-18(5)14-20(19(29)6)15-21(17-26)25(30)27-22-11-12-23(33-10-4)24(16-22)34(31,32)28(8-2)9-3/h11-12,14-16H,7-10,13H2,1-6H3,(H,27,30)/b21-15+. The number of sulfonamides is 1. The minimum Gasteiger partial charge on any atom is -0.492 e. The number of hydrogen-bond acceptors (Lipinski definition) is 5. The average Bonchev–Trinajstić information content (AvgIpc) is 3.06. The molecule has 1 amide bonds. The van der Waals surface area contributed by atoms with Gasteiger partial charge in [-0.2, -0.15) is 9.57 Å². The van der Waals surface area contributed by atoms with Crippen LogP contribution in [0.25, 0.3) is 6.08 Å². The van der Waals surface area contributed by atoms with Gasteiger partial charge < -0.3 is 14.6 Å². The van der Waals surface area contributed by atoms with Gasteiger partial charge in [-0.1, -0.05) is 20.8 Å². The number of ether oxygens (including phenoxy) is 1. The largest absolute Gasteiger partial charge is 0.492 e. The molecule has 34 heavy (non-hydrogen) atoms. The van der Waals surface area contributed by atoms with E-state index in [0.29, 0.717) is 19.7 Å². The summed E-state index contributed by atoms with van der Waals surface area (Å²) in [5.74, 6) is -0.398. The Hall–Kier alpha value is -3.09. The molecule has 1 N–H and O–H groups in total. The van der Waals surface area contributed by atoms with Crippen molar-refractivity contribution in [2.24, 2.45) is 0 Å². The van der Waals surface area contributed by atoms with E-state index in [9.17, 15) is 18.5 Å². The van der Waals surface area contributed by atoms with Crippen molar-refractivity contribution < 1.29 is 17.9 Å². The highest BCUT2D eigenvalue weighted by molar-refractivity contribution is 7.89. The lowest BCUT2D eigenvalue weighted by Gasteiger charge is -2.21. The van der Waals surface area contributed by atoms with E-state index in [4.69, 9.17) is 4.74 Å². The molecule has 0 unspecified atom stereocenters. The van der Waals surface area contributed by atoms with E-state index >= 15 is 0 Å². The fourth-order valence-electron chi connectivity index (χ4n) is 3.81. The molecule has 184 valence electrons. The Morgan fingerprint density at radius 2 is 1.85 bits per heavy atom. The van der Waals surface area contributed by atoms with E-state index in [2.05, 4.69) is 16.8 Å². The molecule has 0 atom stereocenters. The van der Waals surface area contributed by atoms with Crippen molar-refractivity contribution in [2.45, 2.75) is 59.4 Å². The lowest BCUT2D eigenvalue weighted by atomic mass is 10.1. The number of aromatic nitrogens is 1. The molecule has 1 aromatic carbocycles. The van der Waals surface area contributed by atoms with Crippen LogP contribution in [0, 0.1) is 25.2 Å². The molecule has 9 heteroatoms. The Morgan fingerprint density at radius 3 is 2.41 bits per heavy atom. The van der Waals surface area contributed by atoms with Gasteiger partial charge in [-0.05, 0) is 63.1 Å². The monoisotopic (exact) mass is 486 g/mol. The first-order valence-electron chi connectivity index (χ1n) is 11.5. The number of nitrogens with one attached hydrogen (secondary N) is 1. The van der Waals surface area contributed by atoms with Gasteiger partial charge in [0.15, 0.2) is 0 Å². The number of rotatable bonds is 11. The quantitative estimate of drug-likeness (QED) is 0.372. The van der Waals surface area contributed by atoms with Gasteiger partial charge >= 0.3 is 0 Å². The zero-order chi connectivity index (χ0) is 25.5. The molecule has 8 nitrogen and oxygen atoms in total. The van der Waals surface area contributed by atoms with Crippen molar-refractivity contribution in [1.82, 2.24) is 8.87 Å². The van der Waals surface area contributed by atoms with Crippen LogP contribution < -0.4 is 10.1 Å². The van der Waals surface area contributed by atoms with Crippen LogP contribution in [-0.2, 0) is 21.4 Å². The second-order valence-corrected chi connectivity index (χ2v) is 9.69. The predicted octanol–water partition coefficient (Wildman–Crippen LogP) is 4.49. The van der Waals surface area contributed by atoms with E-state index in [1.165, 1.54) is 16.4 Å². The van der Waals surface area contributed by atoms with E-state index in [-0.39, 0.29) is 21.9 Å². The summed E-state index contributed by atoms with van der Waals surface area (Å²) in [5.41, 5.74) is 3.03. The number of carbonyl (C=O) groups excluding carboxylic acids is 1. The second-order valence-electron chi connectivity index (χ2n) is 7.79. The molecular formula is C25H34N4O4S. The highest BCUT2D eigenvalue weighted by atomic mass is 32.2. The maximum atomic E-state index is 13.2. The number of anilines is 1. The first-order valence-corrected chi connectivity index (χ1v) is 12.9. The summed E-state index contributed by atoms with van der Waals surface area (Å²) in [5, 5.41) is 12.3. The van der Waals surface area contributed by atoms with Gasteiger partial charge in [0.25, 0.3) is 5.91 Å². The zero-order valence-corrected chi connectivity index (χ0v) is 21.6. The number of aryl methyl sites for hydroxylation is 1. The van der Waals surface area contributed by atoms with E-state index in [1.807, 2.05) is 26.0 Å². The van der Waals surface area contributed by atoms with Crippen LogP contribution in [0.2, 0.25) is 0 Å². The molecule has 0 fully saturated rings. The van der Waals surface area contributed by atoms with Crippen molar-refractivity contribution >= 4 is 27.7 Å². The first-order chi connectivity index (χ1) is 16.1. The number of nitrogens with zero attached hydrogens (tertiary/aromatic N) is 3. The molecule has 2 aromatic rings. The highest BCUT2D eigenvalue weighted by Gasteiger charge is 2.26. The number of carbonyl (C=O) groups is 1. The normalized spacial score (nSPS) is 12.0. The fourth-order valence-corrected chi connectivity index (χ4v) is 5.42. The maximum absolute atomic E-state index is 13.2. The molecule has 1 aromatic heterocycles. The topological polar surface area (TPSA) is 104 Å². The number of nitriles is 1. The third-order valence-electron chi connectivity index (χ3n) is 5.55. The van der Waals surface area contributed by atoms with Crippen molar-refractivity contribution in [3.63, 3.8) is 0 Å². The minimum absolute atomic E-state index is 0.0264. The van der Waals surface area contributed by atoms with Gasteiger partial charge in [-0.25, -0.2) is 8.42 Å². The molecule has 0 bridgehead atoms. The van der Waals surface area contributed by atoms with Crippen LogP contribution >= 0.6 is 0 Å². The molecule has 0 spiro atoms. The van der Waals surface area contributed by atoms with Crippen LogP contribution in [0.1, 0.15) is 51.1 Å². The molecular weight excluding hydrogens is 452 g/mol. The zero-order valence-electron chi connectivity index (χ0n) is 20.8. The minimum atomic E-state index is -3.83. The van der Waals surface area contributed by atoms with Gasteiger partial charge in [0.05, 0.1) is 6.61 Å². The average molecular weight is 487 g/mol. The van der Waals surface area contributed by atoms with Gasteiger partial charge in [0.1, 0.15) is 22.3 Å². The molecule has 0 aliphatic heterocycles. The van der Waals surface area contributed by atoms with E-state index in [0.717, 1.165) is 29.9 Å². The van der Waals surface area contributed by atoms with Gasteiger partial charge in [0, 0.05) is 36.7 Å². The van der Waals surface area contributed by atoms with Crippen LogP contribution in [-0.4, -0.2) is 42.9 Å². The summed E-state index contributed by atoms with van der Waals surface area (Å²) in [6.07, 6.45) is 2.54. The summed E-state index contributed by atoms with van der Waals surface area (Å²) in [6, 6.07) is 8.36. The van der Waals surface area contributed by atoms with Crippen LogP contribution in [0.15, 0.2) is 34.7 Å². The number of benzene rings is 1. The smallest absolute Gasteiger partial charge is 0.266 e. The molecule has 0 radical (unpaired) electrons. The third-order valence-corrected chi connectivity index (χ3v) is 7.62. The second kappa shape index (κ2) is 11.9. The maximum Gasteiger partial charge on any atom is 0.266 e. The summed E-state index contributed by atoms with van der Waals surface area (Å²) in [4.78, 5) is 12.9. The van der Waals surface area contributed by atoms with Crippen LogP contribution in [0.3, 0.4) is 0 Å². The predicted molar refractivity (Wildman–Crippen MR) is 134 cm³/mol. The van der Waals surface area contributed by atoms with Crippen molar-refractivity contribution in [2.75, 3.05) is 25.0 Å². The summed E-state index contributed by atoms with van der Waals surface area (Å²) >= 11 is 0. The van der Waals surface area contributed by atoms with Crippen molar-refractivity contribution in [1.29, 1.82) is 5.26 Å². The fraction of sp³-hybridized carbons (Fsp3) is 0.440. The number of amides is 1. The Balaban J connectivity index is 2.43. The summed E-state index contributed by atoms with van der Waals surface area (Å²) in [7, 11) is -3.83. The first kappa shape index (κ1) is 27.2. The van der Waals surface area contributed by atoms with E-state index in [1.54, 1.807) is 32.9 Å². The summed E-state index contributed by atoms with van der Waals surface area (Å²) < 4.78 is 35.3. The van der Waals surface area contributed by atoms with E-state index < -0.39 is 15.9 Å².